The van der Waals surface area contributed by atoms with Crippen molar-refractivity contribution in [2.45, 2.75) is 17.1 Å². The summed E-state index contributed by atoms with van der Waals surface area (Å²) < 4.78 is 39.8. The summed E-state index contributed by atoms with van der Waals surface area (Å²) in [5.41, 5.74) is 4.39. The van der Waals surface area contributed by atoms with Gasteiger partial charge >= 0.3 is 6.18 Å². The maximum atomic E-state index is 12.9. The van der Waals surface area contributed by atoms with Gasteiger partial charge in [0.1, 0.15) is 0 Å². The Morgan fingerprint density at radius 1 is 1.26 bits per heavy atom. The lowest BCUT2D eigenvalue weighted by molar-refractivity contribution is -0.385. The first-order chi connectivity index (χ1) is 12.7. The van der Waals surface area contributed by atoms with Crippen molar-refractivity contribution in [3.8, 4) is 0 Å². The van der Waals surface area contributed by atoms with E-state index in [0.717, 1.165) is 34.5 Å². The summed E-state index contributed by atoms with van der Waals surface area (Å²) in [6, 6.07) is 5.85. The van der Waals surface area contributed by atoms with Gasteiger partial charge in [-0.05, 0) is 18.2 Å². The molecule has 2 heterocycles. The van der Waals surface area contributed by atoms with Gasteiger partial charge in [0.15, 0.2) is 10.8 Å². The Balaban J connectivity index is 1.91. The summed E-state index contributed by atoms with van der Waals surface area (Å²) in [5, 5.41) is 19.0. The lowest BCUT2D eigenvalue weighted by Gasteiger charge is -2.07. The number of alkyl halides is 3. The molecule has 0 atom stereocenters. The van der Waals surface area contributed by atoms with Gasteiger partial charge in [-0.15, -0.1) is 10.2 Å². The molecule has 0 saturated heterocycles. The number of carbonyl (C=O) groups excluding carboxylic acids is 1. The maximum absolute atomic E-state index is 12.9. The topological polar surface area (TPSA) is 116 Å². The summed E-state index contributed by atoms with van der Waals surface area (Å²) in [5.74, 6) is -0.771. The van der Waals surface area contributed by atoms with Crippen molar-refractivity contribution < 1.29 is 22.9 Å². The van der Waals surface area contributed by atoms with Gasteiger partial charge in [0.05, 0.1) is 10.5 Å². The molecule has 3 aromatic rings. The summed E-state index contributed by atoms with van der Waals surface area (Å²) >= 11 is 0.976. The van der Waals surface area contributed by atoms with Crippen LogP contribution in [0.3, 0.4) is 0 Å². The van der Waals surface area contributed by atoms with E-state index in [9.17, 15) is 28.1 Å². The standard InChI is InChI=1S/C15H10F3N5O3S/c16-15(17,18)10-3-4-12-20-21-14(22(12)6-10)27-7-9-2-1-8(13(19)24)5-11(9)23(25)26/h1-6H,7H2,(H2,19,24). The molecule has 1 amide bonds. The minimum Gasteiger partial charge on any atom is -0.366 e. The molecule has 0 unspecified atom stereocenters. The van der Waals surface area contributed by atoms with Crippen LogP contribution < -0.4 is 5.73 Å². The Bertz CT molecular complexity index is 1050. The molecular weight excluding hydrogens is 387 g/mol. The zero-order chi connectivity index (χ0) is 19.8. The lowest BCUT2D eigenvalue weighted by atomic mass is 10.1. The average Bonchev–Trinajstić information content (AvgIpc) is 3.01. The van der Waals surface area contributed by atoms with E-state index in [1.807, 2.05) is 0 Å². The molecule has 8 nitrogen and oxygen atoms in total. The number of halogens is 3. The van der Waals surface area contributed by atoms with Crippen LogP contribution in [0.1, 0.15) is 21.5 Å². The third kappa shape index (κ3) is 3.84. The first-order valence-electron chi connectivity index (χ1n) is 7.28. The minimum atomic E-state index is -4.52. The number of primary amides is 1. The summed E-state index contributed by atoms with van der Waals surface area (Å²) in [4.78, 5) is 21.7. The van der Waals surface area contributed by atoms with Gasteiger partial charge in [-0.25, -0.2) is 0 Å². The van der Waals surface area contributed by atoms with Crippen LogP contribution in [-0.4, -0.2) is 25.4 Å². The van der Waals surface area contributed by atoms with E-state index in [1.54, 1.807) is 0 Å². The SMILES string of the molecule is NC(=O)c1ccc(CSc2nnc3ccc(C(F)(F)F)cn23)c([N+](=O)[O-])c1. The van der Waals surface area contributed by atoms with Crippen molar-refractivity contribution in [1.29, 1.82) is 0 Å². The maximum Gasteiger partial charge on any atom is 0.417 e. The zero-order valence-corrected chi connectivity index (χ0v) is 14.1. The summed E-state index contributed by atoms with van der Waals surface area (Å²) in [6.07, 6.45) is -3.66. The highest BCUT2D eigenvalue weighted by Gasteiger charge is 2.31. The molecule has 0 aliphatic rings. The first kappa shape index (κ1) is 18.6. The van der Waals surface area contributed by atoms with Gasteiger partial charge in [0.2, 0.25) is 5.91 Å². The van der Waals surface area contributed by atoms with Crippen LogP contribution in [0.4, 0.5) is 18.9 Å². The smallest absolute Gasteiger partial charge is 0.366 e. The van der Waals surface area contributed by atoms with Gasteiger partial charge in [-0.1, -0.05) is 17.8 Å². The Morgan fingerprint density at radius 3 is 2.63 bits per heavy atom. The van der Waals surface area contributed by atoms with Gasteiger partial charge in [0.25, 0.3) is 5.69 Å². The fraction of sp³-hybridized carbons (Fsp3) is 0.133. The number of nitrogens with zero attached hydrogens (tertiary/aromatic N) is 4. The normalized spacial score (nSPS) is 11.7. The van der Waals surface area contributed by atoms with E-state index in [0.29, 0.717) is 0 Å². The number of amides is 1. The first-order valence-corrected chi connectivity index (χ1v) is 8.27. The zero-order valence-electron chi connectivity index (χ0n) is 13.3. The summed E-state index contributed by atoms with van der Waals surface area (Å²) in [7, 11) is 0. The quantitative estimate of drug-likeness (QED) is 0.402. The fourth-order valence-electron chi connectivity index (χ4n) is 2.29. The monoisotopic (exact) mass is 397 g/mol. The second-order valence-corrected chi connectivity index (χ2v) is 6.32. The van der Waals surface area contributed by atoms with Crippen molar-refractivity contribution in [2.24, 2.45) is 5.73 Å². The number of hydrogen-bond acceptors (Lipinski definition) is 6. The number of rotatable bonds is 5. The van der Waals surface area contributed by atoms with Crippen LogP contribution >= 0.6 is 11.8 Å². The van der Waals surface area contributed by atoms with Crippen molar-refractivity contribution in [1.82, 2.24) is 14.6 Å². The Morgan fingerprint density at radius 2 is 2.00 bits per heavy atom. The van der Waals surface area contributed by atoms with E-state index >= 15 is 0 Å². The van der Waals surface area contributed by atoms with E-state index < -0.39 is 22.6 Å². The Hall–Kier alpha value is -3.15. The number of hydrogen-bond donors (Lipinski definition) is 1. The van der Waals surface area contributed by atoms with Crippen LogP contribution in [0.2, 0.25) is 0 Å². The summed E-state index contributed by atoms with van der Waals surface area (Å²) in [6.45, 7) is 0. The molecule has 2 N–H and O–H groups in total. The molecular formula is C15H10F3N5O3S. The highest BCUT2D eigenvalue weighted by Crippen LogP contribution is 2.32. The largest absolute Gasteiger partial charge is 0.417 e. The number of thioether (sulfide) groups is 1. The van der Waals surface area contributed by atoms with Crippen LogP contribution in [0.5, 0.6) is 0 Å². The van der Waals surface area contributed by atoms with Crippen molar-refractivity contribution in [3.63, 3.8) is 0 Å². The number of nitro benzene ring substituents is 1. The molecule has 0 fully saturated rings. The number of nitrogens with two attached hydrogens (primary N) is 1. The van der Waals surface area contributed by atoms with Crippen LogP contribution in [-0.2, 0) is 11.9 Å². The molecule has 12 heteroatoms. The number of aromatic nitrogens is 3. The van der Waals surface area contributed by atoms with Gasteiger partial charge in [-0.2, -0.15) is 13.2 Å². The lowest BCUT2D eigenvalue weighted by Crippen LogP contribution is -2.11. The molecule has 0 saturated carbocycles. The Kier molecular flexibility index (Phi) is 4.74. The highest BCUT2D eigenvalue weighted by molar-refractivity contribution is 7.98. The fourth-order valence-corrected chi connectivity index (χ4v) is 3.20. The predicted molar refractivity (Wildman–Crippen MR) is 89.2 cm³/mol. The average molecular weight is 397 g/mol. The van der Waals surface area contributed by atoms with Gasteiger partial charge < -0.3 is 5.73 Å². The molecule has 0 radical (unpaired) electrons. The van der Waals surface area contributed by atoms with Crippen LogP contribution in [0, 0.1) is 10.1 Å². The third-order valence-electron chi connectivity index (χ3n) is 3.62. The van der Waals surface area contributed by atoms with E-state index in [1.165, 1.54) is 18.2 Å². The highest BCUT2D eigenvalue weighted by atomic mass is 32.2. The number of fused-ring (bicyclic) bond motifs is 1. The van der Waals surface area contributed by atoms with Gasteiger partial charge in [-0.3, -0.25) is 19.3 Å². The molecule has 0 bridgehead atoms. The second-order valence-electron chi connectivity index (χ2n) is 5.38. The number of pyridine rings is 1. The molecule has 2 aromatic heterocycles. The molecule has 27 heavy (non-hydrogen) atoms. The third-order valence-corrected chi connectivity index (χ3v) is 4.61. The molecule has 1 aromatic carbocycles. The van der Waals surface area contributed by atoms with E-state index in [2.05, 4.69) is 10.2 Å². The van der Waals surface area contributed by atoms with Crippen molar-refractivity contribution >= 4 is 29.0 Å². The second kappa shape index (κ2) is 6.87. The molecule has 140 valence electrons. The number of benzene rings is 1. The van der Waals surface area contributed by atoms with Crippen LogP contribution in [0.15, 0.2) is 41.7 Å². The minimum absolute atomic E-state index is 0.0156. The predicted octanol–water partition coefficient (Wildman–Crippen LogP) is 3.05. The number of carbonyl (C=O) groups is 1. The number of nitro groups is 1. The van der Waals surface area contributed by atoms with Crippen molar-refractivity contribution in [3.05, 3.63) is 63.3 Å². The molecule has 0 aliphatic carbocycles. The molecule has 0 spiro atoms. The van der Waals surface area contributed by atoms with Gasteiger partial charge in [0, 0.05) is 29.1 Å². The van der Waals surface area contributed by atoms with E-state index in [-0.39, 0.29) is 33.4 Å². The van der Waals surface area contributed by atoms with Crippen molar-refractivity contribution in [2.75, 3.05) is 0 Å². The Labute approximate surface area is 153 Å². The molecule has 3 rings (SSSR count). The van der Waals surface area contributed by atoms with Crippen LogP contribution in [0.25, 0.3) is 5.65 Å². The van der Waals surface area contributed by atoms with E-state index in [4.69, 9.17) is 5.73 Å². The molecule has 0 aliphatic heterocycles.